The number of sulfonamides is 1. The fourth-order valence-electron chi connectivity index (χ4n) is 4.43. The molecule has 0 aliphatic carbocycles. The van der Waals surface area contributed by atoms with E-state index in [0.29, 0.717) is 22.5 Å². The smallest absolute Gasteiger partial charge is 0.266 e. The number of carbonyl (C=O) groups excluding carboxylic acids is 1. The van der Waals surface area contributed by atoms with Gasteiger partial charge in [-0.3, -0.25) is 4.79 Å². The van der Waals surface area contributed by atoms with E-state index in [0.717, 1.165) is 41.4 Å². The molecule has 4 rings (SSSR count). The number of hydrogen-bond acceptors (Lipinski definition) is 5. The van der Waals surface area contributed by atoms with Crippen molar-refractivity contribution in [2.75, 3.05) is 19.3 Å². The van der Waals surface area contributed by atoms with E-state index in [1.54, 1.807) is 18.3 Å². The van der Waals surface area contributed by atoms with Gasteiger partial charge in [0.15, 0.2) is 0 Å². The Morgan fingerprint density at radius 2 is 1.72 bits per heavy atom. The molecule has 0 aliphatic rings. The van der Waals surface area contributed by atoms with Crippen molar-refractivity contribution in [3.63, 3.8) is 0 Å². The van der Waals surface area contributed by atoms with Crippen molar-refractivity contribution in [2.45, 2.75) is 32.4 Å². The molecule has 3 N–H and O–H groups in total. The van der Waals surface area contributed by atoms with E-state index in [1.807, 2.05) is 48.7 Å². The van der Waals surface area contributed by atoms with Crippen LogP contribution in [-0.4, -0.2) is 43.3 Å². The molecular weight excluding hydrogens is 557 g/mol. The second kappa shape index (κ2) is 13.0. The van der Waals surface area contributed by atoms with Crippen LogP contribution in [-0.2, 0) is 16.4 Å². The lowest BCUT2D eigenvalue weighted by atomic mass is 10.0. The molecule has 39 heavy (non-hydrogen) atoms. The van der Waals surface area contributed by atoms with Crippen LogP contribution in [0.1, 0.15) is 47.5 Å². The van der Waals surface area contributed by atoms with Crippen LogP contribution in [0.2, 0.25) is 5.02 Å². The zero-order chi connectivity index (χ0) is 27.4. The zero-order valence-corrected chi connectivity index (χ0v) is 24.4. The molecule has 0 radical (unpaired) electrons. The van der Waals surface area contributed by atoms with E-state index in [4.69, 9.17) is 11.6 Å². The molecule has 0 saturated carbocycles. The minimum atomic E-state index is -3.66. The summed E-state index contributed by atoms with van der Waals surface area (Å²) in [6.07, 6.45) is 2.87. The normalized spacial score (nSPS) is 12.4. The minimum absolute atomic E-state index is 0. The molecule has 0 bridgehead atoms. The summed E-state index contributed by atoms with van der Waals surface area (Å²) in [5.41, 5.74) is 5.19. The quantitative estimate of drug-likeness (QED) is 0.211. The molecule has 4 aromatic rings. The number of halogens is 2. The van der Waals surface area contributed by atoms with Crippen molar-refractivity contribution < 1.29 is 18.3 Å². The van der Waals surface area contributed by atoms with Gasteiger partial charge in [-0.05, 0) is 67.3 Å². The van der Waals surface area contributed by atoms with E-state index in [1.165, 1.54) is 5.56 Å². The summed E-state index contributed by atoms with van der Waals surface area (Å²) in [5, 5.41) is 14.9. The maximum atomic E-state index is 12.6. The highest BCUT2D eigenvalue weighted by Crippen LogP contribution is 2.30. The average molecular weight is 591 g/mol. The molecule has 0 unspecified atom stereocenters. The first-order chi connectivity index (χ1) is 18.0. The fourth-order valence-corrected chi connectivity index (χ4v) is 5.07. The summed E-state index contributed by atoms with van der Waals surface area (Å²) in [6, 6.07) is 21.5. The molecular formula is C29H33Cl2N3O4S. The summed E-state index contributed by atoms with van der Waals surface area (Å²) in [6.45, 7) is 5.20. The van der Waals surface area contributed by atoms with Crippen molar-refractivity contribution in [3.05, 3.63) is 94.6 Å². The molecule has 10 heteroatoms. The number of nitrogens with zero attached hydrogens (tertiary/aromatic N) is 1. The van der Waals surface area contributed by atoms with Crippen LogP contribution < -0.4 is 10.0 Å². The summed E-state index contributed by atoms with van der Waals surface area (Å²) in [7, 11) is -3.66. The van der Waals surface area contributed by atoms with Crippen molar-refractivity contribution >= 4 is 50.8 Å². The molecule has 0 spiro atoms. The first-order valence-electron chi connectivity index (χ1n) is 12.4. The van der Waals surface area contributed by atoms with Crippen LogP contribution in [0.5, 0.6) is 0 Å². The van der Waals surface area contributed by atoms with Crippen LogP contribution in [0.4, 0.5) is 0 Å². The highest BCUT2D eigenvalue weighted by atomic mass is 35.5. The average Bonchev–Trinajstić information content (AvgIpc) is 3.25. The Kier molecular flexibility index (Phi) is 10.2. The first kappa shape index (κ1) is 30.7. The predicted octanol–water partition coefficient (Wildman–Crippen LogP) is 5.52. The third-order valence-electron chi connectivity index (χ3n) is 6.36. The highest BCUT2D eigenvalue weighted by Gasteiger charge is 2.19. The number of aromatic nitrogens is 1. The standard InChI is InChI=1S/C29H32ClN3O4S.ClH/c1-19(2)33-18-26(29(35)32-38(3,36)37)25-12-11-22(16-27(25)33)21-9-7-20(8-10-21)13-14-31-17-28(34)23-5-4-6-24(30)15-23;/h4-12,15-16,18-19,28,31,34H,13-14,17H2,1-3H3,(H,32,35);1H/t28-;/m0./s1. The van der Waals surface area contributed by atoms with Crippen LogP contribution in [0, 0.1) is 0 Å². The van der Waals surface area contributed by atoms with Gasteiger partial charge < -0.3 is 15.0 Å². The van der Waals surface area contributed by atoms with Crippen molar-refractivity contribution in [1.29, 1.82) is 0 Å². The Bertz CT molecular complexity index is 1550. The van der Waals surface area contributed by atoms with Crippen LogP contribution in [0.3, 0.4) is 0 Å². The van der Waals surface area contributed by atoms with Gasteiger partial charge in [0.05, 0.1) is 17.9 Å². The Labute approximate surface area is 240 Å². The van der Waals surface area contributed by atoms with Gasteiger partial charge in [-0.15, -0.1) is 12.4 Å². The number of nitrogens with one attached hydrogen (secondary N) is 2. The lowest BCUT2D eigenvalue weighted by Gasteiger charge is -2.13. The van der Waals surface area contributed by atoms with E-state index in [9.17, 15) is 18.3 Å². The molecule has 1 aromatic heterocycles. The molecule has 7 nitrogen and oxygen atoms in total. The van der Waals surface area contributed by atoms with E-state index >= 15 is 0 Å². The van der Waals surface area contributed by atoms with Gasteiger partial charge in [0, 0.05) is 34.7 Å². The van der Waals surface area contributed by atoms with E-state index in [-0.39, 0.29) is 18.4 Å². The highest BCUT2D eigenvalue weighted by molar-refractivity contribution is 7.89. The molecule has 208 valence electrons. The van der Waals surface area contributed by atoms with Crippen LogP contribution in [0.15, 0.2) is 72.9 Å². The predicted molar refractivity (Wildman–Crippen MR) is 160 cm³/mol. The van der Waals surface area contributed by atoms with Crippen molar-refractivity contribution in [2.24, 2.45) is 0 Å². The Hall–Kier alpha value is -2.88. The Morgan fingerprint density at radius 1 is 1.03 bits per heavy atom. The summed E-state index contributed by atoms with van der Waals surface area (Å²) in [5.74, 6) is -0.636. The lowest BCUT2D eigenvalue weighted by molar-refractivity contribution is 0.0983. The molecule has 0 saturated heterocycles. The summed E-state index contributed by atoms with van der Waals surface area (Å²) >= 11 is 6.00. The number of aliphatic hydroxyl groups is 1. The monoisotopic (exact) mass is 589 g/mol. The molecule has 0 aliphatic heterocycles. The SMILES string of the molecule is CC(C)n1cc(C(=O)NS(C)(=O)=O)c2ccc(-c3ccc(CCNC[C@H](O)c4cccc(Cl)c4)cc3)cc21.Cl. The number of carbonyl (C=O) groups is 1. The zero-order valence-electron chi connectivity index (χ0n) is 22.0. The maximum Gasteiger partial charge on any atom is 0.266 e. The van der Waals surface area contributed by atoms with Gasteiger partial charge in [-0.1, -0.05) is 60.1 Å². The summed E-state index contributed by atoms with van der Waals surface area (Å²) < 4.78 is 27.2. The number of amides is 1. The van der Waals surface area contributed by atoms with E-state index < -0.39 is 22.0 Å². The van der Waals surface area contributed by atoms with Crippen molar-refractivity contribution in [3.8, 4) is 11.1 Å². The first-order valence-corrected chi connectivity index (χ1v) is 14.7. The Morgan fingerprint density at radius 3 is 2.36 bits per heavy atom. The third-order valence-corrected chi connectivity index (χ3v) is 7.15. The lowest BCUT2D eigenvalue weighted by Crippen LogP contribution is -2.29. The second-order valence-electron chi connectivity index (χ2n) is 9.70. The van der Waals surface area contributed by atoms with Gasteiger partial charge in [0.25, 0.3) is 5.91 Å². The second-order valence-corrected chi connectivity index (χ2v) is 11.9. The molecule has 1 heterocycles. The van der Waals surface area contributed by atoms with E-state index in [2.05, 4.69) is 34.3 Å². The molecule has 3 aromatic carbocycles. The molecule has 1 atom stereocenters. The third kappa shape index (κ3) is 7.84. The van der Waals surface area contributed by atoms with Crippen LogP contribution >= 0.6 is 24.0 Å². The largest absolute Gasteiger partial charge is 0.387 e. The molecule has 0 fully saturated rings. The topological polar surface area (TPSA) is 100 Å². The number of fused-ring (bicyclic) bond motifs is 1. The van der Waals surface area contributed by atoms with Gasteiger partial charge in [-0.25, -0.2) is 13.1 Å². The van der Waals surface area contributed by atoms with Gasteiger partial charge in [0.2, 0.25) is 10.0 Å². The number of hydrogen-bond donors (Lipinski definition) is 3. The fraction of sp³-hybridized carbons (Fsp3) is 0.276. The maximum absolute atomic E-state index is 12.6. The summed E-state index contributed by atoms with van der Waals surface area (Å²) in [4.78, 5) is 12.6. The number of aliphatic hydroxyl groups excluding tert-OH is 1. The number of rotatable bonds is 10. The number of benzene rings is 3. The van der Waals surface area contributed by atoms with Crippen molar-refractivity contribution in [1.82, 2.24) is 14.6 Å². The molecule has 1 amide bonds. The Balaban J connectivity index is 0.00000420. The van der Waals surface area contributed by atoms with Gasteiger partial charge in [-0.2, -0.15) is 0 Å². The van der Waals surface area contributed by atoms with Crippen LogP contribution in [0.25, 0.3) is 22.0 Å². The van der Waals surface area contributed by atoms with Gasteiger partial charge in [0.1, 0.15) is 0 Å². The minimum Gasteiger partial charge on any atom is -0.387 e. The van der Waals surface area contributed by atoms with Gasteiger partial charge >= 0.3 is 0 Å².